The second kappa shape index (κ2) is 9.17. The number of benzene rings is 2. The monoisotopic (exact) mass is 443 g/mol. The Morgan fingerprint density at radius 1 is 1.10 bits per heavy atom. The van der Waals surface area contributed by atoms with Crippen LogP contribution >= 0.6 is 11.8 Å². The summed E-state index contributed by atoms with van der Waals surface area (Å²) in [5, 5.41) is 10.9. The molecular weight excluding hydrogens is 422 g/mol. The number of fused-ring (bicyclic) bond motifs is 1. The van der Waals surface area contributed by atoms with Gasteiger partial charge in [0.05, 0.1) is 19.5 Å². The first-order chi connectivity index (χ1) is 15.1. The maximum atomic E-state index is 12.5. The highest BCUT2D eigenvalue weighted by Gasteiger charge is 2.20. The Morgan fingerprint density at radius 2 is 1.84 bits per heavy atom. The number of nitrogens with zero attached hydrogens (tertiary/aromatic N) is 2. The summed E-state index contributed by atoms with van der Waals surface area (Å²) in [7, 11) is 3.13. The second-order valence-corrected chi connectivity index (χ2v) is 7.93. The van der Waals surface area contributed by atoms with Gasteiger partial charge in [-0.25, -0.2) is 0 Å². The summed E-state index contributed by atoms with van der Waals surface area (Å²) in [6, 6.07) is 10.9. The Bertz CT molecular complexity index is 1060. The van der Waals surface area contributed by atoms with Crippen LogP contribution in [0.15, 0.2) is 46.0 Å². The predicted octanol–water partition coefficient (Wildman–Crippen LogP) is 3.28. The highest BCUT2D eigenvalue weighted by atomic mass is 32.2. The van der Waals surface area contributed by atoms with Gasteiger partial charge in [-0.2, -0.15) is 0 Å². The quantitative estimate of drug-likeness (QED) is 0.525. The van der Waals surface area contributed by atoms with E-state index in [2.05, 4.69) is 15.5 Å². The molecule has 0 saturated heterocycles. The highest BCUT2D eigenvalue weighted by molar-refractivity contribution is 8.00. The van der Waals surface area contributed by atoms with Gasteiger partial charge in [0.2, 0.25) is 18.6 Å². The number of rotatable bonds is 8. The van der Waals surface area contributed by atoms with Crippen molar-refractivity contribution in [1.82, 2.24) is 15.5 Å². The number of nitrogens with one attached hydrogen (secondary N) is 1. The van der Waals surface area contributed by atoms with Gasteiger partial charge in [-0.15, -0.1) is 10.2 Å². The van der Waals surface area contributed by atoms with E-state index in [1.165, 1.54) is 11.8 Å². The Hall–Kier alpha value is -3.40. The Balaban J connectivity index is 1.36. The molecule has 4 rings (SSSR count). The van der Waals surface area contributed by atoms with Crippen LogP contribution in [-0.2, 0) is 11.3 Å². The molecule has 9 nitrogen and oxygen atoms in total. The van der Waals surface area contributed by atoms with Gasteiger partial charge in [0.1, 0.15) is 11.5 Å². The van der Waals surface area contributed by atoms with Crippen LogP contribution in [0.1, 0.15) is 12.5 Å². The molecule has 1 atom stereocenters. The summed E-state index contributed by atoms with van der Waals surface area (Å²) in [6.07, 6.45) is 0. The number of hydrogen-bond acceptors (Lipinski definition) is 9. The number of ether oxygens (including phenoxy) is 4. The van der Waals surface area contributed by atoms with E-state index < -0.39 is 5.25 Å². The molecule has 1 unspecified atom stereocenters. The van der Waals surface area contributed by atoms with Gasteiger partial charge in [-0.3, -0.25) is 4.79 Å². The van der Waals surface area contributed by atoms with Crippen molar-refractivity contribution < 1.29 is 28.2 Å². The Kier molecular flexibility index (Phi) is 6.17. The summed E-state index contributed by atoms with van der Waals surface area (Å²) in [6.45, 7) is 2.37. The third-order valence-electron chi connectivity index (χ3n) is 4.56. The van der Waals surface area contributed by atoms with Gasteiger partial charge in [0.25, 0.3) is 5.22 Å². The van der Waals surface area contributed by atoms with E-state index in [0.29, 0.717) is 46.2 Å². The van der Waals surface area contributed by atoms with Gasteiger partial charge < -0.3 is 28.7 Å². The molecule has 1 N–H and O–H groups in total. The molecule has 2 aromatic carbocycles. The zero-order valence-electron chi connectivity index (χ0n) is 17.2. The second-order valence-electron chi connectivity index (χ2n) is 6.64. The lowest BCUT2D eigenvalue weighted by Crippen LogP contribution is -2.30. The topological polar surface area (TPSA) is 105 Å². The molecule has 0 saturated carbocycles. The lowest BCUT2D eigenvalue weighted by atomic mass is 10.2. The first-order valence-corrected chi connectivity index (χ1v) is 10.3. The highest BCUT2D eigenvalue weighted by Crippen LogP contribution is 2.33. The molecule has 0 spiro atoms. The van der Waals surface area contributed by atoms with E-state index >= 15 is 0 Å². The molecule has 0 bridgehead atoms. The fourth-order valence-electron chi connectivity index (χ4n) is 2.89. The van der Waals surface area contributed by atoms with Crippen LogP contribution in [0.5, 0.6) is 23.0 Å². The van der Waals surface area contributed by atoms with Crippen molar-refractivity contribution >= 4 is 17.7 Å². The number of hydrogen-bond donors (Lipinski definition) is 1. The van der Waals surface area contributed by atoms with Gasteiger partial charge in [0, 0.05) is 18.2 Å². The number of carbonyl (C=O) groups is 1. The maximum absolute atomic E-state index is 12.5. The molecule has 0 aliphatic carbocycles. The van der Waals surface area contributed by atoms with Crippen molar-refractivity contribution in [3.8, 4) is 34.5 Å². The zero-order chi connectivity index (χ0) is 21.8. The van der Waals surface area contributed by atoms with Crippen LogP contribution in [0.25, 0.3) is 11.5 Å². The largest absolute Gasteiger partial charge is 0.497 e. The average molecular weight is 443 g/mol. The summed E-state index contributed by atoms with van der Waals surface area (Å²) < 4.78 is 26.9. The lowest BCUT2D eigenvalue weighted by Gasteiger charge is -2.10. The van der Waals surface area contributed by atoms with E-state index in [1.54, 1.807) is 39.3 Å². The molecule has 1 aromatic heterocycles. The third-order valence-corrected chi connectivity index (χ3v) is 5.49. The molecule has 1 aliphatic heterocycles. The zero-order valence-corrected chi connectivity index (χ0v) is 18.0. The van der Waals surface area contributed by atoms with Crippen molar-refractivity contribution in [2.75, 3.05) is 21.0 Å². The number of carbonyl (C=O) groups excluding carboxylic acids is 1. The lowest BCUT2D eigenvalue weighted by molar-refractivity contribution is -0.120. The predicted molar refractivity (Wildman–Crippen MR) is 113 cm³/mol. The fourth-order valence-corrected chi connectivity index (χ4v) is 3.60. The number of thioether (sulfide) groups is 1. The van der Waals surface area contributed by atoms with Crippen molar-refractivity contribution in [3.05, 3.63) is 42.0 Å². The summed E-state index contributed by atoms with van der Waals surface area (Å²) in [5.74, 6) is 2.77. The first-order valence-electron chi connectivity index (χ1n) is 9.45. The average Bonchev–Trinajstić information content (AvgIpc) is 3.46. The summed E-state index contributed by atoms with van der Waals surface area (Å²) in [4.78, 5) is 12.5. The molecule has 2 heterocycles. The normalized spacial score (nSPS) is 13.0. The van der Waals surface area contributed by atoms with Crippen LogP contribution < -0.4 is 24.3 Å². The Labute approximate surface area is 183 Å². The van der Waals surface area contributed by atoms with E-state index in [9.17, 15) is 4.79 Å². The third kappa shape index (κ3) is 4.85. The van der Waals surface area contributed by atoms with Gasteiger partial charge >= 0.3 is 0 Å². The molecule has 0 radical (unpaired) electrons. The summed E-state index contributed by atoms with van der Waals surface area (Å²) >= 11 is 1.18. The molecule has 10 heteroatoms. The summed E-state index contributed by atoms with van der Waals surface area (Å²) in [5.41, 5.74) is 1.58. The smallest absolute Gasteiger partial charge is 0.277 e. The van der Waals surface area contributed by atoms with Gasteiger partial charge in [-0.05, 0) is 36.8 Å². The van der Waals surface area contributed by atoms with Crippen LogP contribution in [0.2, 0.25) is 0 Å². The SMILES string of the molecule is COc1cc(OC)cc(-c2nnc(SC(C)C(=O)NCc3ccc4c(c3)OCO4)o2)c1. The van der Waals surface area contributed by atoms with Gasteiger partial charge in [-0.1, -0.05) is 17.8 Å². The van der Waals surface area contributed by atoms with Crippen LogP contribution in [0, 0.1) is 0 Å². The number of amides is 1. The number of methoxy groups -OCH3 is 2. The fraction of sp³-hybridized carbons (Fsp3) is 0.286. The molecule has 0 fully saturated rings. The van der Waals surface area contributed by atoms with Crippen molar-refractivity contribution in [1.29, 1.82) is 0 Å². The van der Waals surface area contributed by atoms with Gasteiger partial charge in [0.15, 0.2) is 11.5 Å². The molecule has 31 heavy (non-hydrogen) atoms. The van der Waals surface area contributed by atoms with Crippen LogP contribution in [-0.4, -0.2) is 42.4 Å². The molecule has 1 amide bonds. The van der Waals surface area contributed by atoms with E-state index in [0.717, 1.165) is 5.56 Å². The molecule has 1 aliphatic rings. The number of aromatic nitrogens is 2. The van der Waals surface area contributed by atoms with Crippen LogP contribution in [0.3, 0.4) is 0 Å². The molecular formula is C21H21N3O6S. The molecule has 162 valence electrons. The minimum Gasteiger partial charge on any atom is -0.497 e. The standard InChI is InChI=1S/C21H21N3O6S/c1-12(19(25)22-10-13-4-5-17-18(6-13)29-11-28-17)31-21-24-23-20(30-21)14-7-15(26-2)9-16(8-14)27-3/h4-9,12H,10-11H2,1-3H3,(H,22,25). The van der Waals surface area contributed by atoms with E-state index in [-0.39, 0.29) is 12.7 Å². The molecule has 3 aromatic rings. The van der Waals surface area contributed by atoms with Crippen LogP contribution in [0.4, 0.5) is 0 Å². The van der Waals surface area contributed by atoms with Crippen molar-refractivity contribution in [2.24, 2.45) is 0 Å². The Morgan fingerprint density at radius 3 is 2.58 bits per heavy atom. The maximum Gasteiger partial charge on any atom is 0.277 e. The minimum atomic E-state index is -0.429. The minimum absolute atomic E-state index is 0.148. The van der Waals surface area contributed by atoms with Crippen molar-refractivity contribution in [2.45, 2.75) is 23.9 Å². The first kappa shape index (κ1) is 20.9. The van der Waals surface area contributed by atoms with Crippen molar-refractivity contribution in [3.63, 3.8) is 0 Å². The van der Waals surface area contributed by atoms with E-state index in [1.807, 2.05) is 18.2 Å². The van der Waals surface area contributed by atoms with E-state index in [4.69, 9.17) is 23.4 Å².